The molecule has 1 fully saturated rings. The maximum absolute atomic E-state index is 13.2. The molecular weight excluding hydrogens is 461 g/mol. The van der Waals surface area contributed by atoms with Gasteiger partial charge >= 0.3 is 6.03 Å². The quantitative estimate of drug-likeness (QED) is 0.387. The lowest BCUT2D eigenvalue weighted by Gasteiger charge is -2.27. The van der Waals surface area contributed by atoms with Crippen LogP contribution in [0.5, 0.6) is 0 Å². The van der Waals surface area contributed by atoms with Crippen LogP contribution in [0.4, 0.5) is 10.5 Å². The highest BCUT2D eigenvalue weighted by atomic mass is 35.5. The minimum atomic E-state index is -0.882. The number of urea groups is 1. The zero-order valence-corrected chi connectivity index (χ0v) is 19.8. The van der Waals surface area contributed by atoms with Crippen LogP contribution in [0.25, 0.3) is 11.8 Å². The van der Waals surface area contributed by atoms with E-state index in [0.29, 0.717) is 5.56 Å². The first-order chi connectivity index (χ1) is 15.7. The van der Waals surface area contributed by atoms with Crippen molar-refractivity contribution in [1.29, 1.82) is 0 Å². The Morgan fingerprint density at radius 2 is 1.70 bits per heavy atom. The van der Waals surface area contributed by atoms with Crippen molar-refractivity contribution >= 4 is 52.8 Å². The first kappa shape index (κ1) is 22.8. The number of halogens is 2. The Bertz CT molecular complexity index is 1320. The fraction of sp³-hybridized carbons (Fsp3) is 0.160. The van der Waals surface area contributed by atoms with E-state index >= 15 is 0 Å². The smallest absolute Gasteiger partial charge is 0.318 e. The number of imide groups is 2. The number of carbonyl (C=O) groups is 3. The van der Waals surface area contributed by atoms with Crippen LogP contribution < -0.4 is 10.2 Å². The summed E-state index contributed by atoms with van der Waals surface area (Å²) in [6.07, 6.45) is 2.44. The molecule has 0 unspecified atom stereocenters. The van der Waals surface area contributed by atoms with E-state index in [2.05, 4.69) is 24.4 Å². The van der Waals surface area contributed by atoms with Crippen molar-refractivity contribution in [3.05, 3.63) is 86.7 Å². The number of benzene rings is 2. The molecule has 33 heavy (non-hydrogen) atoms. The second-order valence-corrected chi connectivity index (χ2v) is 8.50. The van der Waals surface area contributed by atoms with Gasteiger partial charge in [-0.3, -0.25) is 14.9 Å². The molecule has 3 aromatic rings. The number of hydrogen-bond acceptors (Lipinski definition) is 3. The Morgan fingerprint density at radius 1 is 1.00 bits per heavy atom. The minimum Gasteiger partial charge on any atom is -0.318 e. The van der Waals surface area contributed by atoms with Gasteiger partial charge in [0.1, 0.15) is 5.57 Å². The summed E-state index contributed by atoms with van der Waals surface area (Å²) in [5.41, 5.74) is 4.63. The largest absolute Gasteiger partial charge is 0.336 e. The summed E-state index contributed by atoms with van der Waals surface area (Å²) in [6.45, 7) is 5.96. The van der Waals surface area contributed by atoms with Crippen LogP contribution in [0, 0.1) is 13.8 Å². The summed E-state index contributed by atoms with van der Waals surface area (Å²) in [7, 11) is 0. The number of carbonyl (C=O) groups excluding carboxylic acids is 3. The molecule has 2 heterocycles. The lowest BCUT2D eigenvalue weighted by atomic mass is 10.1. The zero-order valence-electron chi connectivity index (χ0n) is 18.3. The van der Waals surface area contributed by atoms with Crippen LogP contribution in [0.1, 0.15) is 29.4 Å². The van der Waals surface area contributed by atoms with Crippen molar-refractivity contribution in [2.45, 2.75) is 27.2 Å². The van der Waals surface area contributed by atoms with Gasteiger partial charge in [-0.25, -0.2) is 9.69 Å². The van der Waals surface area contributed by atoms with Gasteiger partial charge in [-0.1, -0.05) is 48.3 Å². The van der Waals surface area contributed by atoms with Gasteiger partial charge < -0.3 is 4.57 Å². The number of aromatic nitrogens is 1. The zero-order chi connectivity index (χ0) is 23.9. The van der Waals surface area contributed by atoms with Gasteiger partial charge in [0.25, 0.3) is 11.8 Å². The molecule has 6 nitrogen and oxygen atoms in total. The highest BCUT2D eigenvalue weighted by molar-refractivity contribution is 6.46. The van der Waals surface area contributed by atoms with E-state index in [4.69, 9.17) is 23.2 Å². The van der Waals surface area contributed by atoms with Crippen molar-refractivity contribution in [3.63, 3.8) is 0 Å². The summed E-state index contributed by atoms with van der Waals surface area (Å²) in [5.74, 6) is -1.54. The maximum atomic E-state index is 13.2. The van der Waals surface area contributed by atoms with Crippen LogP contribution in [0.3, 0.4) is 0 Å². The third kappa shape index (κ3) is 4.08. The van der Waals surface area contributed by atoms with Gasteiger partial charge in [-0.2, -0.15) is 0 Å². The number of aryl methyl sites for hydroxylation is 2. The number of nitrogens with zero attached hydrogens (tertiary/aromatic N) is 2. The van der Waals surface area contributed by atoms with Gasteiger partial charge in [0, 0.05) is 17.1 Å². The van der Waals surface area contributed by atoms with Crippen molar-refractivity contribution < 1.29 is 14.4 Å². The van der Waals surface area contributed by atoms with Gasteiger partial charge in [-0.15, -0.1) is 0 Å². The molecular formula is C25H21Cl2N3O3. The Kier molecular flexibility index (Phi) is 6.15. The van der Waals surface area contributed by atoms with Gasteiger partial charge in [0.05, 0.1) is 15.7 Å². The summed E-state index contributed by atoms with van der Waals surface area (Å²) >= 11 is 12.3. The van der Waals surface area contributed by atoms with Crippen LogP contribution in [-0.2, 0) is 16.0 Å². The van der Waals surface area contributed by atoms with Crippen molar-refractivity contribution in [2.24, 2.45) is 0 Å². The first-order valence-corrected chi connectivity index (χ1v) is 11.1. The lowest BCUT2D eigenvalue weighted by Crippen LogP contribution is -2.54. The minimum absolute atomic E-state index is 0.0464. The monoisotopic (exact) mass is 481 g/mol. The Hall–Kier alpha value is -3.35. The predicted molar refractivity (Wildman–Crippen MR) is 130 cm³/mol. The van der Waals surface area contributed by atoms with Crippen LogP contribution >= 0.6 is 23.2 Å². The van der Waals surface area contributed by atoms with E-state index in [-0.39, 0.29) is 21.3 Å². The maximum Gasteiger partial charge on any atom is 0.336 e. The fourth-order valence-corrected chi connectivity index (χ4v) is 4.29. The Labute approximate surface area is 201 Å². The van der Waals surface area contributed by atoms with E-state index < -0.39 is 17.8 Å². The lowest BCUT2D eigenvalue weighted by molar-refractivity contribution is -0.122. The van der Waals surface area contributed by atoms with E-state index in [1.165, 1.54) is 17.7 Å². The number of hydrogen-bond donors (Lipinski definition) is 1. The summed E-state index contributed by atoms with van der Waals surface area (Å²) in [5, 5.41) is 2.45. The standard InChI is InChI=1S/C25H21Cl2N3O3/c1-4-16-8-10-18(11-9-16)29-14(2)12-17(15(29)3)13-19-23(31)28-25(33)30(24(19)32)21-7-5-6-20(26)22(21)27/h5-13H,4H2,1-3H3,(H,28,31,33)/b19-13+. The molecule has 0 aliphatic carbocycles. The fourth-order valence-electron chi connectivity index (χ4n) is 3.91. The number of amides is 4. The summed E-state index contributed by atoms with van der Waals surface area (Å²) in [4.78, 5) is 39.1. The molecule has 8 heteroatoms. The van der Waals surface area contributed by atoms with E-state index in [0.717, 1.165) is 28.4 Å². The summed E-state index contributed by atoms with van der Waals surface area (Å²) < 4.78 is 2.05. The number of anilines is 1. The molecule has 168 valence electrons. The molecule has 2 aromatic carbocycles. The highest BCUT2D eigenvalue weighted by Crippen LogP contribution is 2.34. The Balaban J connectivity index is 1.76. The number of barbiturate groups is 1. The normalized spacial score (nSPS) is 15.4. The van der Waals surface area contributed by atoms with Gasteiger partial charge in [-0.05, 0) is 67.8 Å². The highest BCUT2D eigenvalue weighted by Gasteiger charge is 2.38. The average Bonchev–Trinajstić information content (AvgIpc) is 3.06. The van der Waals surface area contributed by atoms with Gasteiger partial charge in [0.15, 0.2) is 0 Å². The van der Waals surface area contributed by atoms with Crippen LogP contribution in [0.15, 0.2) is 54.1 Å². The molecule has 0 bridgehead atoms. The van der Waals surface area contributed by atoms with Crippen molar-refractivity contribution in [3.8, 4) is 5.69 Å². The second-order valence-electron chi connectivity index (χ2n) is 7.71. The molecule has 1 aliphatic rings. The van der Waals surface area contributed by atoms with Crippen LogP contribution in [0.2, 0.25) is 10.0 Å². The second kappa shape index (κ2) is 8.89. The number of nitrogens with one attached hydrogen (secondary N) is 1. The molecule has 4 rings (SSSR count). The van der Waals surface area contributed by atoms with Crippen molar-refractivity contribution in [1.82, 2.24) is 9.88 Å². The molecule has 0 radical (unpaired) electrons. The molecule has 0 saturated carbocycles. The molecule has 1 aliphatic heterocycles. The third-order valence-corrected chi connectivity index (χ3v) is 6.46. The average molecular weight is 482 g/mol. The van der Waals surface area contributed by atoms with Gasteiger partial charge in [0.2, 0.25) is 0 Å². The van der Waals surface area contributed by atoms with E-state index in [9.17, 15) is 14.4 Å². The van der Waals surface area contributed by atoms with E-state index in [1.54, 1.807) is 12.1 Å². The molecule has 1 saturated heterocycles. The molecule has 1 aromatic heterocycles. The summed E-state index contributed by atoms with van der Waals surface area (Å²) in [6, 6.07) is 13.8. The Morgan fingerprint density at radius 3 is 2.36 bits per heavy atom. The molecule has 0 spiro atoms. The topological polar surface area (TPSA) is 71.4 Å². The SMILES string of the molecule is CCc1ccc(-n2c(C)cc(/C=C3\C(=O)NC(=O)N(c4cccc(Cl)c4Cl)C3=O)c2C)cc1. The van der Waals surface area contributed by atoms with Crippen LogP contribution in [-0.4, -0.2) is 22.4 Å². The first-order valence-electron chi connectivity index (χ1n) is 10.4. The molecule has 0 atom stereocenters. The number of rotatable bonds is 4. The molecule has 1 N–H and O–H groups in total. The van der Waals surface area contributed by atoms with Crippen molar-refractivity contribution in [2.75, 3.05) is 4.90 Å². The van der Waals surface area contributed by atoms with E-state index in [1.807, 2.05) is 36.6 Å². The molecule has 4 amide bonds. The predicted octanol–water partition coefficient (Wildman–Crippen LogP) is 5.63. The third-order valence-electron chi connectivity index (χ3n) is 5.65.